The standard InChI is InChI=1S/C16H24N4O4/c1-4-9-17-16(23)19-15(22)11-20(2)10-14(21)18-12-5-7-13(24-3)8-6-12/h5-8H,4,9-11H2,1-3H3,(H,18,21)(H2,17,19,22,23). The lowest BCUT2D eigenvalue weighted by atomic mass is 10.3. The lowest BCUT2D eigenvalue weighted by Gasteiger charge is -2.16. The normalized spacial score (nSPS) is 10.2. The summed E-state index contributed by atoms with van der Waals surface area (Å²) >= 11 is 0. The molecule has 0 saturated heterocycles. The van der Waals surface area contributed by atoms with Crippen molar-refractivity contribution in [2.45, 2.75) is 13.3 Å². The molecule has 0 bridgehead atoms. The fourth-order valence-electron chi connectivity index (χ4n) is 1.87. The number of rotatable bonds is 8. The van der Waals surface area contributed by atoms with Crippen LogP contribution in [-0.4, -0.2) is 56.5 Å². The highest BCUT2D eigenvalue weighted by Gasteiger charge is 2.13. The maximum absolute atomic E-state index is 11.9. The van der Waals surface area contributed by atoms with E-state index < -0.39 is 11.9 Å². The maximum Gasteiger partial charge on any atom is 0.321 e. The van der Waals surface area contributed by atoms with Gasteiger partial charge >= 0.3 is 6.03 Å². The van der Waals surface area contributed by atoms with Crippen LogP contribution in [0.1, 0.15) is 13.3 Å². The number of hydrogen-bond donors (Lipinski definition) is 3. The Balaban J connectivity index is 2.34. The summed E-state index contributed by atoms with van der Waals surface area (Å²) in [4.78, 5) is 36.5. The molecule has 0 spiro atoms. The zero-order valence-corrected chi connectivity index (χ0v) is 14.2. The molecule has 0 unspecified atom stereocenters. The molecule has 1 aromatic carbocycles. The van der Waals surface area contributed by atoms with Gasteiger partial charge in [-0.15, -0.1) is 0 Å². The smallest absolute Gasteiger partial charge is 0.321 e. The van der Waals surface area contributed by atoms with E-state index in [1.165, 1.54) is 4.90 Å². The third kappa shape index (κ3) is 7.59. The Morgan fingerprint density at radius 2 is 1.71 bits per heavy atom. The van der Waals surface area contributed by atoms with Gasteiger partial charge in [0.2, 0.25) is 11.8 Å². The number of anilines is 1. The van der Waals surface area contributed by atoms with E-state index in [2.05, 4.69) is 16.0 Å². The molecule has 3 N–H and O–H groups in total. The molecule has 8 nitrogen and oxygen atoms in total. The number of carbonyl (C=O) groups is 3. The number of methoxy groups -OCH3 is 1. The summed E-state index contributed by atoms with van der Waals surface area (Å²) in [7, 11) is 3.19. The van der Waals surface area contributed by atoms with Crippen LogP contribution in [0.4, 0.5) is 10.5 Å². The minimum Gasteiger partial charge on any atom is -0.497 e. The number of benzene rings is 1. The molecule has 132 valence electrons. The van der Waals surface area contributed by atoms with Crippen molar-refractivity contribution in [2.75, 3.05) is 39.1 Å². The second kappa shape index (κ2) is 10.2. The Hall–Kier alpha value is -2.61. The van der Waals surface area contributed by atoms with Gasteiger partial charge in [0.1, 0.15) is 5.75 Å². The molecule has 0 aliphatic heterocycles. The lowest BCUT2D eigenvalue weighted by Crippen LogP contribution is -2.45. The van der Waals surface area contributed by atoms with Gasteiger partial charge in [-0.2, -0.15) is 0 Å². The molecule has 0 saturated carbocycles. The van der Waals surface area contributed by atoms with Crippen LogP contribution in [0.5, 0.6) is 5.75 Å². The second-order valence-electron chi connectivity index (χ2n) is 5.25. The first-order chi connectivity index (χ1) is 11.4. The molecule has 0 aliphatic carbocycles. The highest BCUT2D eigenvalue weighted by atomic mass is 16.5. The number of amides is 4. The fraction of sp³-hybridized carbons (Fsp3) is 0.438. The van der Waals surface area contributed by atoms with Crippen LogP contribution in [0.25, 0.3) is 0 Å². The molecule has 1 aromatic rings. The molecule has 0 atom stereocenters. The van der Waals surface area contributed by atoms with Crippen molar-refractivity contribution < 1.29 is 19.1 Å². The van der Waals surface area contributed by atoms with E-state index in [0.717, 1.165) is 6.42 Å². The van der Waals surface area contributed by atoms with Crippen molar-refractivity contribution >= 4 is 23.5 Å². The minimum atomic E-state index is -0.530. The van der Waals surface area contributed by atoms with E-state index in [-0.39, 0.29) is 19.0 Å². The molecule has 0 radical (unpaired) electrons. The maximum atomic E-state index is 11.9. The van der Waals surface area contributed by atoms with Crippen LogP contribution < -0.4 is 20.7 Å². The average molecular weight is 336 g/mol. The molecule has 24 heavy (non-hydrogen) atoms. The molecular formula is C16H24N4O4. The number of hydrogen-bond acceptors (Lipinski definition) is 5. The van der Waals surface area contributed by atoms with Crippen molar-refractivity contribution in [3.05, 3.63) is 24.3 Å². The van der Waals surface area contributed by atoms with E-state index in [9.17, 15) is 14.4 Å². The van der Waals surface area contributed by atoms with Crippen LogP contribution in [0, 0.1) is 0 Å². The van der Waals surface area contributed by atoms with Crippen LogP contribution in [0.2, 0.25) is 0 Å². The first-order valence-electron chi connectivity index (χ1n) is 7.64. The number of nitrogens with zero attached hydrogens (tertiary/aromatic N) is 1. The summed E-state index contributed by atoms with van der Waals surface area (Å²) in [6.07, 6.45) is 0.785. The third-order valence-corrected chi connectivity index (χ3v) is 2.99. The van der Waals surface area contributed by atoms with Crippen molar-refractivity contribution in [1.82, 2.24) is 15.5 Å². The van der Waals surface area contributed by atoms with E-state index in [1.54, 1.807) is 38.4 Å². The first-order valence-corrected chi connectivity index (χ1v) is 7.64. The van der Waals surface area contributed by atoms with Gasteiger partial charge in [-0.05, 0) is 37.7 Å². The van der Waals surface area contributed by atoms with Crippen LogP contribution in [-0.2, 0) is 9.59 Å². The SMILES string of the molecule is CCCNC(=O)NC(=O)CN(C)CC(=O)Nc1ccc(OC)cc1. The summed E-state index contributed by atoms with van der Waals surface area (Å²) in [6.45, 7) is 2.38. The average Bonchev–Trinajstić information content (AvgIpc) is 2.53. The minimum absolute atomic E-state index is 0.0238. The van der Waals surface area contributed by atoms with E-state index in [4.69, 9.17) is 4.74 Å². The zero-order chi connectivity index (χ0) is 17.9. The Bertz CT molecular complexity index is 560. The first kappa shape index (κ1) is 19.4. The number of urea groups is 1. The Morgan fingerprint density at radius 3 is 2.29 bits per heavy atom. The predicted molar refractivity (Wildman–Crippen MR) is 91.0 cm³/mol. The number of ether oxygens (including phenoxy) is 1. The fourth-order valence-corrected chi connectivity index (χ4v) is 1.87. The molecule has 0 aromatic heterocycles. The number of imide groups is 1. The summed E-state index contributed by atoms with van der Waals surface area (Å²) in [5.74, 6) is -0.0302. The number of carbonyl (C=O) groups excluding carboxylic acids is 3. The molecule has 4 amide bonds. The molecule has 0 heterocycles. The monoisotopic (exact) mass is 336 g/mol. The summed E-state index contributed by atoms with van der Waals surface area (Å²) in [5, 5.41) is 7.46. The van der Waals surface area contributed by atoms with Gasteiger partial charge in [0.15, 0.2) is 0 Å². The Labute approximate surface area is 141 Å². The Morgan fingerprint density at radius 1 is 1.08 bits per heavy atom. The van der Waals surface area contributed by atoms with Gasteiger partial charge in [0, 0.05) is 12.2 Å². The van der Waals surface area contributed by atoms with Crippen molar-refractivity contribution in [1.29, 1.82) is 0 Å². The summed E-state index contributed by atoms with van der Waals surface area (Å²) in [6, 6.07) is 6.39. The van der Waals surface area contributed by atoms with Crippen molar-refractivity contribution in [3.8, 4) is 5.75 Å². The van der Waals surface area contributed by atoms with E-state index in [0.29, 0.717) is 18.0 Å². The number of nitrogens with one attached hydrogen (secondary N) is 3. The van der Waals surface area contributed by atoms with Gasteiger partial charge in [0.25, 0.3) is 0 Å². The molecule has 0 aliphatic rings. The van der Waals surface area contributed by atoms with Gasteiger partial charge in [-0.3, -0.25) is 19.8 Å². The Kier molecular flexibility index (Phi) is 8.28. The molecular weight excluding hydrogens is 312 g/mol. The topological polar surface area (TPSA) is 99.8 Å². The van der Waals surface area contributed by atoms with Crippen molar-refractivity contribution in [3.63, 3.8) is 0 Å². The van der Waals surface area contributed by atoms with Crippen molar-refractivity contribution in [2.24, 2.45) is 0 Å². The molecule has 1 rings (SSSR count). The summed E-state index contributed by atoms with van der Waals surface area (Å²) in [5.41, 5.74) is 0.637. The quantitative estimate of drug-likeness (QED) is 0.652. The molecule has 8 heteroatoms. The largest absolute Gasteiger partial charge is 0.497 e. The van der Waals surface area contributed by atoms with E-state index in [1.807, 2.05) is 6.92 Å². The van der Waals surface area contributed by atoms with Crippen LogP contribution in [0.15, 0.2) is 24.3 Å². The highest BCUT2D eigenvalue weighted by molar-refractivity contribution is 5.96. The van der Waals surface area contributed by atoms with Gasteiger partial charge in [0.05, 0.1) is 20.2 Å². The highest BCUT2D eigenvalue weighted by Crippen LogP contribution is 2.14. The second-order valence-corrected chi connectivity index (χ2v) is 5.25. The summed E-state index contributed by atoms with van der Waals surface area (Å²) < 4.78 is 5.04. The third-order valence-electron chi connectivity index (χ3n) is 2.99. The zero-order valence-electron chi connectivity index (χ0n) is 14.2. The van der Waals surface area contributed by atoms with Gasteiger partial charge < -0.3 is 15.4 Å². The predicted octanol–water partition coefficient (Wildman–Crippen LogP) is 0.801. The van der Waals surface area contributed by atoms with Gasteiger partial charge in [-0.25, -0.2) is 4.79 Å². The van der Waals surface area contributed by atoms with Gasteiger partial charge in [-0.1, -0.05) is 6.92 Å². The lowest BCUT2D eigenvalue weighted by molar-refractivity contribution is -0.122. The van der Waals surface area contributed by atoms with Crippen LogP contribution >= 0.6 is 0 Å². The number of likely N-dealkylation sites (N-methyl/N-ethyl adjacent to an activating group) is 1. The van der Waals surface area contributed by atoms with E-state index >= 15 is 0 Å². The van der Waals surface area contributed by atoms with Crippen LogP contribution in [0.3, 0.4) is 0 Å². The molecule has 0 fully saturated rings.